The second kappa shape index (κ2) is 6.35. The van der Waals surface area contributed by atoms with E-state index in [1.54, 1.807) is 12.1 Å². The van der Waals surface area contributed by atoms with E-state index >= 15 is 0 Å². The van der Waals surface area contributed by atoms with Crippen molar-refractivity contribution in [2.75, 3.05) is 0 Å². The molecule has 1 aromatic heterocycles. The van der Waals surface area contributed by atoms with Crippen LogP contribution in [-0.2, 0) is 12.4 Å². The first-order valence-corrected chi connectivity index (χ1v) is 8.41. The molecular formula is C17H22ClFN2. The Morgan fingerprint density at radius 2 is 2.24 bits per heavy atom. The standard InChI is InChI=1S/C17H22ClFN2/c1-12-3-2-4-13(9-12)7-8-21-16-10-14(19)5-6-15(16)20-17(21)11-18/h5-6,10,12-13H,2-4,7-9,11H2,1H3. The maximum atomic E-state index is 13.5. The molecule has 2 atom stereocenters. The number of hydrogen-bond acceptors (Lipinski definition) is 1. The molecule has 0 saturated heterocycles. The van der Waals surface area contributed by atoms with Gasteiger partial charge in [-0.2, -0.15) is 0 Å². The highest BCUT2D eigenvalue weighted by Gasteiger charge is 2.19. The summed E-state index contributed by atoms with van der Waals surface area (Å²) in [4.78, 5) is 4.52. The topological polar surface area (TPSA) is 17.8 Å². The molecule has 2 aromatic rings. The molecule has 0 amide bonds. The maximum absolute atomic E-state index is 13.5. The van der Waals surface area contributed by atoms with Crippen LogP contribution < -0.4 is 0 Å². The summed E-state index contributed by atoms with van der Waals surface area (Å²) in [5.41, 5.74) is 1.71. The predicted octanol–water partition coefficient (Wildman–Crippen LogP) is 5.13. The second-order valence-electron chi connectivity index (χ2n) is 6.37. The molecule has 114 valence electrons. The van der Waals surface area contributed by atoms with E-state index in [0.717, 1.165) is 41.7 Å². The molecular weight excluding hydrogens is 287 g/mol. The average molecular weight is 309 g/mol. The lowest BCUT2D eigenvalue weighted by molar-refractivity contribution is 0.261. The molecule has 0 spiro atoms. The summed E-state index contributed by atoms with van der Waals surface area (Å²) in [7, 11) is 0. The van der Waals surface area contributed by atoms with Crippen LogP contribution in [0.25, 0.3) is 11.0 Å². The van der Waals surface area contributed by atoms with Gasteiger partial charge in [0.1, 0.15) is 11.6 Å². The van der Waals surface area contributed by atoms with Crippen LogP contribution in [0, 0.1) is 17.7 Å². The third kappa shape index (κ3) is 3.23. The highest BCUT2D eigenvalue weighted by Crippen LogP contribution is 2.31. The van der Waals surface area contributed by atoms with Crippen LogP contribution in [0.1, 0.15) is 44.9 Å². The van der Waals surface area contributed by atoms with Crippen LogP contribution in [0.5, 0.6) is 0 Å². The van der Waals surface area contributed by atoms with Gasteiger partial charge in [-0.3, -0.25) is 0 Å². The number of halogens is 2. The first-order valence-electron chi connectivity index (χ1n) is 7.88. The average Bonchev–Trinajstić information content (AvgIpc) is 2.82. The van der Waals surface area contributed by atoms with Gasteiger partial charge in [0.2, 0.25) is 0 Å². The van der Waals surface area contributed by atoms with E-state index in [9.17, 15) is 4.39 Å². The van der Waals surface area contributed by atoms with Gasteiger partial charge in [-0.1, -0.05) is 26.2 Å². The zero-order chi connectivity index (χ0) is 14.8. The zero-order valence-corrected chi connectivity index (χ0v) is 13.2. The van der Waals surface area contributed by atoms with Crippen molar-refractivity contribution in [1.29, 1.82) is 0 Å². The quantitative estimate of drug-likeness (QED) is 0.716. The smallest absolute Gasteiger partial charge is 0.125 e. The summed E-state index contributed by atoms with van der Waals surface area (Å²) < 4.78 is 15.6. The third-order valence-electron chi connectivity index (χ3n) is 4.71. The van der Waals surface area contributed by atoms with Crippen molar-refractivity contribution in [2.24, 2.45) is 11.8 Å². The van der Waals surface area contributed by atoms with E-state index in [0.29, 0.717) is 5.88 Å². The van der Waals surface area contributed by atoms with Gasteiger partial charge in [0.25, 0.3) is 0 Å². The van der Waals surface area contributed by atoms with Gasteiger partial charge in [0, 0.05) is 6.54 Å². The molecule has 21 heavy (non-hydrogen) atoms. The number of imidazole rings is 1. The minimum atomic E-state index is -0.212. The molecule has 4 heteroatoms. The van der Waals surface area contributed by atoms with Gasteiger partial charge in [-0.05, 0) is 42.9 Å². The molecule has 0 bridgehead atoms. The van der Waals surface area contributed by atoms with E-state index in [1.165, 1.54) is 31.7 Å². The Hall–Kier alpha value is -1.09. The fourth-order valence-corrected chi connectivity index (χ4v) is 3.83. The number of hydrogen-bond donors (Lipinski definition) is 0. The highest BCUT2D eigenvalue weighted by molar-refractivity contribution is 6.16. The molecule has 1 saturated carbocycles. The lowest BCUT2D eigenvalue weighted by Crippen LogP contribution is -2.16. The van der Waals surface area contributed by atoms with Gasteiger partial charge < -0.3 is 4.57 Å². The fourth-order valence-electron chi connectivity index (χ4n) is 3.63. The number of alkyl halides is 1. The van der Waals surface area contributed by atoms with Gasteiger partial charge in [-0.15, -0.1) is 11.6 Å². The van der Waals surface area contributed by atoms with E-state index in [2.05, 4.69) is 16.5 Å². The van der Waals surface area contributed by atoms with Crippen molar-refractivity contribution in [3.63, 3.8) is 0 Å². The minimum Gasteiger partial charge on any atom is -0.327 e. The van der Waals surface area contributed by atoms with Gasteiger partial charge in [0.05, 0.1) is 16.9 Å². The van der Waals surface area contributed by atoms with Crippen molar-refractivity contribution in [1.82, 2.24) is 9.55 Å². The first-order chi connectivity index (χ1) is 10.2. The summed E-state index contributed by atoms with van der Waals surface area (Å²) in [6.45, 7) is 3.23. The van der Waals surface area contributed by atoms with Crippen LogP contribution in [0.3, 0.4) is 0 Å². The Morgan fingerprint density at radius 1 is 1.38 bits per heavy atom. The van der Waals surface area contributed by atoms with E-state index in [4.69, 9.17) is 11.6 Å². The van der Waals surface area contributed by atoms with Crippen LogP contribution >= 0.6 is 11.6 Å². The predicted molar refractivity (Wildman–Crippen MR) is 85.0 cm³/mol. The molecule has 1 aliphatic carbocycles. The van der Waals surface area contributed by atoms with Crippen molar-refractivity contribution >= 4 is 22.6 Å². The zero-order valence-electron chi connectivity index (χ0n) is 12.5. The third-order valence-corrected chi connectivity index (χ3v) is 4.95. The molecule has 1 aliphatic rings. The lowest BCUT2D eigenvalue weighted by Gasteiger charge is -2.27. The molecule has 0 radical (unpaired) electrons. The Morgan fingerprint density at radius 3 is 3.00 bits per heavy atom. The van der Waals surface area contributed by atoms with Crippen LogP contribution in [0.15, 0.2) is 18.2 Å². The molecule has 1 fully saturated rings. The van der Waals surface area contributed by atoms with Crippen molar-refractivity contribution in [2.45, 2.75) is 51.5 Å². The summed E-state index contributed by atoms with van der Waals surface area (Å²) in [6, 6.07) is 4.77. The Balaban J connectivity index is 1.80. The summed E-state index contributed by atoms with van der Waals surface area (Å²) >= 11 is 6.01. The molecule has 2 nitrogen and oxygen atoms in total. The Labute approximate surface area is 130 Å². The van der Waals surface area contributed by atoms with Crippen LogP contribution in [0.2, 0.25) is 0 Å². The van der Waals surface area contributed by atoms with Gasteiger partial charge in [0.15, 0.2) is 0 Å². The number of benzene rings is 1. The molecule has 1 heterocycles. The minimum absolute atomic E-state index is 0.212. The van der Waals surface area contributed by atoms with Crippen molar-refractivity contribution in [3.8, 4) is 0 Å². The number of rotatable bonds is 4. The summed E-state index contributed by atoms with van der Waals surface area (Å²) in [6.07, 6.45) is 6.48. The fraction of sp³-hybridized carbons (Fsp3) is 0.588. The Bertz CT molecular complexity index is 623. The second-order valence-corrected chi connectivity index (χ2v) is 6.64. The molecule has 1 aromatic carbocycles. The number of aromatic nitrogens is 2. The van der Waals surface area contributed by atoms with Gasteiger partial charge >= 0.3 is 0 Å². The van der Waals surface area contributed by atoms with Crippen molar-refractivity contribution in [3.05, 3.63) is 29.8 Å². The molecule has 0 N–H and O–H groups in total. The monoisotopic (exact) mass is 308 g/mol. The number of aryl methyl sites for hydroxylation is 1. The van der Waals surface area contributed by atoms with Crippen molar-refractivity contribution < 1.29 is 4.39 Å². The summed E-state index contributed by atoms with van der Waals surface area (Å²) in [5.74, 6) is 2.63. The molecule has 3 rings (SSSR count). The molecule has 0 aliphatic heterocycles. The largest absolute Gasteiger partial charge is 0.327 e. The molecule has 2 unspecified atom stereocenters. The Kier molecular flexibility index (Phi) is 4.48. The first kappa shape index (κ1) is 14.8. The highest BCUT2D eigenvalue weighted by atomic mass is 35.5. The maximum Gasteiger partial charge on any atom is 0.125 e. The normalized spacial score (nSPS) is 22.8. The van der Waals surface area contributed by atoms with E-state index in [-0.39, 0.29) is 5.82 Å². The lowest BCUT2D eigenvalue weighted by atomic mass is 9.81. The van der Waals surface area contributed by atoms with E-state index < -0.39 is 0 Å². The van der Waals surface area contributed by atoms with E-state index in [1.807, 2.05) is 0 Å². The number of nitrogens with zero attached hydrogens (tertiary/aromatic N) is 2. The van der Waals surface area contributed by atoms with Crippen LogP contribution in [-0.4, -0.2) is 9.55 Å². The van der Waals surface area contributed by atoms with Gasteiger partial charge in [-0.25, -0.2) is 9.37 Å². The SMILES string of the molecule is CC1CCCC(CCn2c(CCl)nc3ccc(F)cc32)C1. The summed E-state index contributed by atoms with van der Waals surface area (Å²) in [5, 5.41) is 0. The van der Waals surface area contributed by atoms with Crippen LogP contribution in [0.4, 0.5) is 4.39 Å². The number of fused-ring (bicyclic) bond motifs is 1.